The zero-order valence-electron chi connectivity index (χ0n) is 18.0. The maximum Gasteiger partial charge on any atom is 0.227 e. The fraction of sp³-hybridized carbons (Fsp3) is 0.304. The summed E-state index contributed by atoms with van der Waals surface area (Å²) in [6.07, 6.45) is 1.32. The summed E-state index contributed by atoms with van der Waals surface area (Å²) in [5.74, 6) is 0.434. The van der Waals surface area contributed by atoms with Gasteiger partial charge in [0.2, 0.25) is 15.8 Å². The highest BCUT2D eigenvalue weighted by atomic mass is 32.2. The molecule has 1 aliphatic heterocycles. The topological polar surface area (TPSA) is 92.4 Å². The fourth-order valence-corrected chi connectivity index (χ4v) is 5.06. The summed E-state index contributed by atoms with van der Waals surface area (Å²) >= 11 is 0. The van der Waals surface area contributed by atoms with Crippen molar-refractivity contribution in [2.75, 3.05) is 41.7 Å². The molecule has 2 heterocycles. The number of nitrogens with two attached hydrogens (primary N) is 1. The fourth-order valence-electron chi connectivity index (χ4n) is 3.80. The van der Waals surface area contributed by atoms with E-state index in [9.17, 15) is 8.42 Å². The lowest BCUT2D eigenvalue weighted by Crippen LogP contribution is -2.47. The number of sulfone groups is 1. The van der Waals surface area contributed by atoms with Gasteiger partial charge in [-0.25, -0.2) is 13.4 Å². The second-order valence-electron chi connectivity index (χ2n) is 7.93. The largest absolute Gasteiger partial charge is 0.382 e. The number of nitrogens with zero attached hydrogens (tertiary/aromatic N) is 4. The van der Waals surface area contributed by atoms with E-state index in [-0.39, 0.29) is 15.6 Å². The molecule has 2 aromatic carbocycles. The number of anilines is 3. The minimum absolute atomic E-state index is 0.0254. The Kier molecular flexibility index (Phi) is 5.58. The summed E-state index contributed by atoms with van der Waals surface area (Å²) in [6, 6.07) is 13.0. The summed E-state index contributed by atoms with van der Waals surface area (Å²) in [7, 11) is -3.76. The minimum Gasteiger partial charge on any atom is -0.382 e. The number of hydrogen-bond acceptors (Lipinski definition) is 7. The molecule has 1 fully saturated rings. The van der Waals surface area contributed by atoms with E-state index in [0.29, 0.717) is 5.95 Å². The normalized spacial score (nSPS) is 14.7. The molecule has 3 aromatic rings. The molecule has 4 rings (SSSR count). The van der Waals surface area contributed by atoms with Crippen molar-refractivity contribution in [3.05, 3.63) is 65.4 Å². The van der Waals surface area contributed by atoms with Gasteiger partial charge in [-0.05, 0) is 50.1 Å². The van der Waals surface area contributed by atoms with Crippen LogP contribution >= 0.6 is 0 Å². The van der Waals surface area contributed by atoms with Crippen LogP contribution in [0.2, 0.25) is 0 Å². The molecule has 0 saturated carbocycles. The van der Waals surface area contributed by atoms with Gasteiger partial charge in [-0.15, -0.1) is 0 Å². The van der Waals surface area contributed by atoms with E-state index in [0.717, 1.165) is 31.7 Å². The van der Waals surface area contributed by atoms with Crippen LogP contribution in [0.15, 0.2) is 58.5 Å². The van der Waals surface area contributed by atoms with Gasteiger partial charge >= 0.3 is 0 Å². The molecule has 8 heteroatoms. The first-order valence-electron chi connectivity index (χ1n) is 10.3. The summed E-state index contributed by atoms with van der Waals surface area (Å²) in [4.78, 5) is 13.2. The molecule has 0 bridgehead atoms. The Bertz CT molecular complexity index is 1200. The van der Waals surface area contributed by atoms with Crippen molar-refractivity contribution in [2.24, 2.45) is 0 Å². The summed E-state index contributed by atoms with van der Waals surface area (Å²) in [5.41, 5.74) is 10.9. The second-order valence-corrected chi connectivity index (χ2v) is 9.85. The molecule has 0 radical (unpaired) electrons. The summed E-state index contributed by atoms with van der Waals surface area (Å²) < 4.78 is 25.9. The molecule has 2 N–H and O–H groups in total. The van der Waals surface area contributed by atoms with Crippen molar-refractivity contribution in [1.29, 1.82) is 0 Å². The van der Waals surface area contributed by atoms with E-state index in [1.54, 1.807) is 24.3 Å². The Morgan fingerprint density at radius 2 is 1.55 bits per heavy atom. The van der Waals surface area contributed by atoms with Gasteiger partial charge in [-0.3, -0.25) is 0 Å². The Labute approximate surface area is 183 Å². The maximum absolute atomic E-state index is 12.9. The monoisotopic (exact) mass is 437 g/mol. The third-order valence-electron chi connectivity index (χ3n) is 5.87. The number of hydrogen-bond donors (Lipinski definition) is 1. The molecule has 0 amide bonds. The Morgan fingerprint density at radius 1 is 0.903 bits per heavy atom. The standard InChI is InChI=1S/C23H27N5O2S/c1-16-7-9-19(10-8-16)31(29,30)21-15-25-23(26-22(21)24)28-13-11-27(12-14-28)20-6-4-5-17(2)18(20)3/h4-10,15H,11-14H2,1-3H3,(H2,24,25,26). The molecule has 0 unspecified atom stereocenters. The molecular weight excluding hydrogens is 410 g/mol. The van der Waals surface area contributed by atoms with Gasteiger partial charge in [0.1, 0.15) is 10.7 Å². The van der Waals surface area contributed by atoms with Crippen LogP contribution in [-0.4, -0.2) is 44.6 Å². The van der Waals surface area contributed by atoms with Gasteiger partial charge in [0.25, 0.3) is 0 Å². The number of aromatic nitrogens is 2. The van der Waals surface area contributed by atoms with E-state index < -0.39 is 9.84 Å². The van der Waals surface area contributed by atoms with Crippen LogP contribution in [-0.2, 0) is 9.84 Å². The molecule has 1 aliphatic rings. The average molecular weight is 438 g/mol. The lowest BCUT2D eigenvalue weighted by molar-refractivity contribution is 0.595. The van der Waals surface area contributed by atoms with Crippen LogP contribution in [0, 0.1) is 20.8 Å². The highest BCUT2D eigenvalue weighted by Crippen LogP contribution is 2.27. The first-order valence-corrected chi connectivity index (χ1v) is 11.8. The third-order valence-corrected chi connectivity index (χ3v) is 7.66. The molecular formula is C23H27N5O2S. The van der Waals surface area contributed by atoms with Gasteiger partial charge in [-0.2, -0.15) is 4.98 Å². The molecule has 31 heavy (non-hydrogen) atoms. The van der Waals surface area contributed by atoms with Gasteiger partial charge in [0.05, 0.1) is 11.1 Å². The molecule has 162 valence electrons. The van der Waals surface area contributed by atoms with Crippen molar-refractivity contribution >= 4 is 27.3 Å². The van der Waals surface area contributed by atoms with Crippen LogP contribution in [0.4, 0.5) is 17.5 Å². The second kappa shape index (κ2) is 8.19. The van der Waals surface area contributed by atoms with Crippen molar-refractivity contribution < 1.29 is 8.42 Å². The molecule has 0 spiro atoms. The SMILES string of the molecule is Cc1ccc(S(=O)(=O)c2cnc(N3CCN(c4cccc(C)c4C)CC3)nc2N)cc1. The van der Waals surface area contributed by atoms with E-state index in [1.807, 2.05) is 11.8 Å². The number of benzene rings is 2. The zero-order chi connectivity index (χ0) is 22.2. The van der Waals surface area contributed by atoms with Crippen molar-refractivity contribution in [3.8, 4) is 0 Å². The minimum atomic E-state index is -3.76. The molecule has 1 saturated heterocycles. The Hall–Kier alpha value is -3.13. The first kappa shape index (κ1) is 21.1. The van der Waals surface area contributed by atoms with Crippen LogP contribution in [0.3, 0.4) is 0 Å². The predicted molar refractivity (Wildman–Crippen MR) is 123 cm³/mol. The van der Waals surface area contributed by atoms with Crippen LogP contribution in [0.25, 0.3) is 0 Å². The summed E-state index contributed by atoms with van der Waals surface area (Å²) in [5, 5.41) is 0. The van der Waals surface area contributed by atoms with Gasteiger partial charge in [-0.1, -0.05) is 29.8 Å². The van der Waals surface area contributed by atoms with Crippen molar-refractivity contribution in [1.82, 2.24) is 9.97 Å². The predicted octanol–water partition coefficient (Wildman–Crippen LogP) is 3.14. The molecule has 1 aromatic heterocycles. The zero-order valence-corrected chi connectivity index (χ0v) is 18.9. The van der Waals surface area contributed by atoms with Crippen molar-refractivity contribution in [3.63, 3.8) is 0 Å². The number of nitrogen functional groups attached to an aromatic ring is 1. The van der Waals surface area contributed by atoms with Gasteiger partial charge in [0, 0.05) is 31.9 Å². The van der Waals surface area contributed by atoms with E-state index >= 15 is 0 Å². The molecule has 0 aliphatic carbocycles. The maximum atomic E-state index is 12.9. The number of rotatable bonds is 4. The van der Waals surface area contributed by atoms with Crippen LogP contribution in [0.1, 0.15) is 16.7 Å². The highest BCUT2D eigenvalue weighted by Gasteiger charge is 2.25. The third kappa shape index (κ3) is 4.07. The quantitative estimate of drug-likeness (QED) is 0.670. The van der Waals surface area contributed by atoms with Crippen molar-refractivity contribution in [2.45, 2.75) is 30.6 Å². The lowest BCUT2D eigenvalue weighted by atomic mass is 10.1. The summed E-state index contributed by atoms with van der Waals surface area (Å²) in [6.45, 7) is 9.30. The first-order chi connectivity index (χ1) is 14.8. The number of piperazine rings is 1. The van der Waals surface area contributed by atoms with E-state index in [1.165, 1.54) is 23.0 Å². The van der Waals surface area contributed by atoms with E-state index in [4.69, 9.17) is 5.73 Å². The smallest absolute Gasteiger partial charge is 0.227 e. The van der Waals surface area contributed by atoms with E-state index in [2.05, 4.69) is 46.9 Å². The lowest BCUT2D eigenvalue weighted by Gasteiger charge is -2.37. The van der Waals surface area contributed by atoms with Gasteiger partial charge in [0.15, 0.2) is 0 Å². The Balaban J connectivity index is 1.51. The van der Waals surface area contributed by atoms with Crippen LogP contribution in [0.5, 0.6) is 0 Å². The molecule has 7 nitrogen and oxygen atoms in total. The molecule has 0 atom stereocenters. The highest BCUT2D eigenvalue weighted by molar-refractivity contribution is 7.91. The number of aryl methyl sites for hydroxylation is 2. The average Bonchev–Trinajstić information content (AvgIpc) is 2.76. The van der Waals surface area contributed by atoms with Gasteiger partial charge < -0.3 is 15.5 Å². The van der Waals surface area contributed by atoms with Crippen LogP contribution < -0.4 is 15.5 Å². The Morgan fingerprint density at radius 3 is 2.19 bits per heavy atom.